The lowest BCUT2D eigenvalue weighted by molar-refractivity contribution is -0.134. The number of rotatable bonds is 6. The van der Waals surface area contributed by atoms with Gasteiger partial charge in [-0.15, -0.1) is 0 Å². The first-order valence-corrected chi connectivity index (χ1v) is 9.74. The summed E-state index contributed by atoms with van der Waals surface area (Å²) in [5.41, 5.74) is 1.55. The molecule has 24 heavy (non-hydrogen) atoms. The van der Waals surface area contributed by atoms with E-state index in [1.807, 2.05) is 31.1 Å². The number of ether oxygens (including phenoxy) is 1. The molecule has 8 heteroatoms. The van der Waals surface area contributed by atoms with Crippen LogP contribution in [0.5, 0.6) is 0 Å². The molecule has 1 aliphatic heterocycles. The Morgan fingerprint density at radius 3 is 2.17 bits per heavy atom. The molecule has 0 atom stereocenters. The van der Waals surface area contributed by atoms with Crippen molar-refractivity contribution in [3.05, 3.63) is 24.3 Å². The number of carbonyl (C=O) groups excluding carboxylic acids is 1. The molecule has 1 saturated heterocycles. The van der Waals surface area contributed by atoms with Crippen molar-refractivity contribution in [3.63, 3.8) is 0 Å². The molecule has 2 rings (SSSR count). The molecule has 0 radical (unpaired) electrons. The van der Waals surface area contributed by atoms with Crippen LogP contribution in [0.4, 0.5) is 11.4 Å². The molecular formula is C16H25N3O4S. The SMILES string of the molecule is CN(C)c1ccc(N(CCC(=O)N2CCOCC2)S(C)(=O)=O)cc1. The monoisotopic (exact) mass is 355 g/mol. The molecule has 134 valence electrons. The molecular weight excluding hydrogens is 330 g/mol. The van der Waals surface area contributed by atoms with Gasteiger partial charge in [-0.2, -0.15) is 0 Å². The second kappa shape index (κ2) is 7.85. The number of carbonyl (C=O) groups is 1. The Hall–Kier alpha value is -1.80. The van der Waals surface area contributed by atoms with Gasteiger partial charge in [0, 0.05) is 45.8 Å². The van der Waals surface area contributed by atoms with Crippen molar-refractivity contribution in [1.29, 1.82) is 0 Å². The van der Waals surface area contributed by atoms with Crippen LogP contribution in [0.1, 0.15) is 6.42 Å². The highest BCUT2D eigenvalue weighted by Gasteiger charge is 2.22. The number of sulfonamides is 1. The quantitative estimate of drug-likeness (QED) is 0.754. The van der Waals surface area contributed by atoms with Crippen LogP contribution in [0.25, 0.3) is 0 Å². The summed E-state index contributed by atoms with van der Waals surface area (Å²) in [6.07, 6.45) is 1.31. The van der Waals surface area contributed by atoms with Crippen molar-refractivity contribution in [1.82, 2.24) is 4.90 Å². The second-order valence-electron chi connectivity index (χ2n) is 5.99. The molecule has 7 nitrogen and oxygen atoms in total. The summed E-state index contributed by atoms with van der Waals surface area (Å²) < 4.78 is 30.7. The fourth-order valence-electron chi connectivity index (χ4n) is 2.57. The molecule has 0 aliphatic carbocycles. The Morgan fingerprint density at radius 2 is 1.67 bits per heavy atom. The topological polar surface area (TPSA) is 70.2 Å². The van der Waals surface area contributed by atoms with Gasteiger partial charge in [-0.25, -0.2) is 8.42 Å². The van der Waals surface area contributed by atoms with Gasteiger partial charge < -0.3 is 14.5 Å². The number of anilines is 2. The van der Waals surface area contributed by atoms with Crippen LogP contribution < -0.4 is 9.21 Å². The number of amides is 1. The van der Waals surface area contributed by atoms with E-state index >= 15 is 0 Å². The van der Waals surface area contributed by atoms with E-state index in [0.717, 1.165) is 11.9 Å². The third kappa shape index (κ3) is 4.85. The fraction of sp³-hybridized carbons (Fsp3) is 0.562. The van der Waals surface area contributed by atoms with Crippen molar-refractivity contribution < 1.29 is 17.9 Å². The van der Waals surface area contributed by atoms with Crippen LogP contribution in [0.2, 0.25) is 0 Å². The van der Waals surface area contributed by atoms with Gasteiger partial charge in [0.05, 0.1) is 25.2 Å². The van der Waals surface area contributed by atoms with E-state index in [0.29, 0.717) is 32.0 Å². The molecule has 0 bridgehead atoms. The Morgan fingerprint density at radius 1 is 1.12 bits per heavy atom. The lowest BCUT2D eigenvalue weighted by Crippen LogP contribution is -2.42. The van der Waals surface area contributed by atoms with E-state index < -0.39 is 10.0 Å². The lowest BCUT2D eigenvalue weighted by atomic mass is 10.2. The summed E-state index contributed by atoms with van der Waals surface area (Å²) in [5.74, 6) is -0.0446. The van der Waals surface area contributed by atoms with Gasteiger partial charge in [-0.05, 0) is 24.3 Å². The van der Waals surface area contributed by atoms with Crippen LogP contribution in [-0.4, -0.2) is 72.4 Å². The molecule has 0 unspecified atom stereocenters. The van der Waals surface area contributed by atoms with E-state index in [1.54, 1.807) is 17.0 Å². The maximum absolute atomic E-state index is 12.2. The molecule has 1 aliphatic rings. The van der Waals surface area contributed by atoms with E-state index in [9.17, 15) is 13.2 Å². The van der Waals surface area contributed by atoms with Gasteiger partial charge in [0.25, 0.3) is 0 Å². The van der Waals surface area contributed by atoms with E-state index in [4.69, 9.17) is 4.74 Å². The van der Waals surface area contributed by atoms with Crippen LogP contribution >= 0.6 is 0 Å². The van der Waals surface area contributed by atoms with Crippen molar-refractivity contribution >= 4 is 27.3 Å². The van der Waals surface area contributed by atoms with E-state index in [2.05, 4.69) is 0 Å². The standard InChI is InChI=1S/C16H25N3O4S/c1-17(2)14-4-6-15(7-5-14)19(24(3,21)22)9-8-16(20)18-10-12-23-13-11-18/h4-7H,8-13H2,1-3H3. The number of morpholine rings is 1. The first-order chi connectivity index (χ1) is 11.3. The van der Waals surface area contributed by atoms with E-state index in [-0.39, 0.29) is 18.9 Å². The Bertz CT molecular complexity index is 652. The second-order valence-corrected chi connectivity index (χ2v) is 7.90. The minimum Gasteiger partial charge on any atom is -0.378 e. The summed E-state index contributed by atoms with van der Waals surface area (Å²) in [7, 11) is 0.389. The normalized spacial score (nSPS) is 15.2. The largest absolute Gasteiger partial charge is 0.378 e. The smallest absolute Gasteiger partial charge is 0.232 e. The van der Waals surface area contributed by atoms with Gasteiger partial charge in [0.15, 0.2) is 0 Å². The zero-order valence-corrected chi connectivity index (χ0v) is 15.3. The third-order valence-electron chi connectivity index (χ3n) is 3.95. The molecule has 0 N–H and O–H groups in total. The lowest BCUT2D eigenvalue weighted by Gasteiger charge is -2.28. The average Bonchev–Trinajstić information content (AvgIpc) is 2.55. The maximum Gasteiger partial charge on any atom is 0.232 e. The van der Waals surface area contributed by atoms with Crippen molar-refractivity contribution in [2.75, 3.05) is 62.4 Å². The summed E-state index contributed by atoms with van der Waals surface area (Å²) in [5, 5.41) is 0. The zero-order chi connectivity index (χ0) is 17.7. The van der Waals surface area contributed by atoms with Crippen molar-refractivity contribution in [2.45, 2.75) is 6.42 Å². The van der Waals surface area contributed by atoms with Crippen LogP contribution in [0.3, 0.4) is 0 Å². The predicted molar refractivity (Wildman–Crippen MR) is 95.0 cm³/mol. The first-order valence-electron chi connectivity index (χ1n) is 7.89. The predicted octanol–water partition coefficient (Wildman–Crippen LogP) is 0.768. The van der Waals surface area contributed by atoms with Gasteiger partial charge in [-0.1, -0.05) is 0 Å². The molecule has 0 spiro atoms. The number of benzene rings is 1. The van der Waals surface area contributed by atoms with Gasteiger partial charge in [-0.3, -0.25) is 9.10 Å². The van der Waals surface area contributed by atoms with Crippen LogP contribution in [-0.2, 0) is 19.6 Å². The maximum atomic E-state index is 12.2. The summed E-state index contributed by atoms with van der Waals surface area (Å²) in [6, 6.07) is 7.24. The van der Waals surface area contributed by atoms with Crippen molar-refractivity contribution in [3.8, 4) is 0 Å². The summed E-state index contributed by atoms with van der Waals surface area (Å²) in [4.78, 5) is 15.9. The minimum absolute atomic E-state index is 0.0446. The third-order valence-corrected chi connectivity index (χ3v) is 5.14. The zero-order valence-electron chi connectivity index (χ0n) is 14.4. The molecule has 1 aromatic carbocycles. The highest BCUT2D eigenvalue weighted by molar-refractivity contribution is 7.92. The van der Waals surface area contributed by atoms with Gasteiger partial charge >= 0.3 is 0 Å². The summed E-state index contributed by atoms with van der Waals surface area (Å²) >= 11 is 0. The van der Waals surface area contributed by atoms with Crippen LogP contribution in [0, 0.1) is 0 Å². The van der Waals surface area contributed by atoms with Gasteiger partial charge in [0.2, 0.25) is 15.9 Å². The molecule has 1 amide bonds. The number of hydrogen-bond donors (Lipinski definition) is 0. The molecule has 1 fully saturated rings. The van der Waals surface area contributed by atoms with E-state index in [1.165, 1.54) is 4.31 Å². The Labute approximate surface area is 143 Å². The van der Waals surface area contributed by atoms with Crippen molar-refractivity contribution in [2.24, 2.45) is 0 Å². The summed E-state index contributed by atoms with van der Waals surface area (Å²) in [6.45, 7) is 2.34. The molecule has 1 aromatic rings. The number of hydrogen-bond acceptors (Lipinski definition) is 5. The highest BCUT2D eigenvalue weighted by atomic mass is 32.2. The average molecular weight is 355 g/mol. The molecule has 1 heterocycles. The van der Waals surface area contributed by atoms with Crippen LogP contribution in [0.15, 0.2) is 24.3 Å². The highest BCUT2D eigenvalue weighted by Crippen LogP contribution is 2.22. The molecule has 0 aromatic heterocycles. The minimum atomic E-state index is -3.45. The van der Waals surface area contributed by atoms with Gasteiger partial charge in [0.1, 0.15) is 0 Å². The first kappa shape index (κ1) is 18.5. The number of nitrogens with zero attached hydrogens (tertiary/aromatic N) is 3. The fourth-order valence-corrected chi connectivity index (χ4v) is 3.50. The Kier molecular flexibility index (Phi) is 6.06. The molecule has 0 saturated carbocycles. The Balaban J connectivity index is 2.07.